The van der Waals surface area contributed by atoms with Crippen molar-refractivity contribution in [1.29, 1.82) is 0 Å². The average Bonchev–Trinajstić information content (AvgIpc) is 2.26. The third kappa shape index (κ3) is 2.95. The Labute approximate surface area is 83.9 Å². The number of carbonyl (C=O) groups is 1. The molecule has 0 bridgehead atoms. The molecule has 0 fully saturated rings. The number of terminal acetylenes is 1. The highest BCUT2D eigenvalue weighted by atomic mass is 16.5. The van der Waals surface area contributed by atoms with E-state index in [2.05, 4.69) is 0 Å². The van der Waals surface area contributed by atoms with Gasteiger partial charge in [0, 0.05) is 11.8 Å². The van der Waals surface area contributed by atoms with Crippen LogP contribution < -0.4 is 0 Å². The zero-order chi connectivity index (χ0) is 10.4. The van der Waals surface area contributed by atoms with Crippen LogP contribution in [0.3, 0.4) is 0 Å². The standard InChI is InChI=1S/C12H12O2/c1-3-12(13)14-9-10(2)11-7-5-4-6-8-11/h1,4-8,10H,9H2,2H3/t10-/m1/s1. The van der Waals surface area contributed by atoms with Gasteiger partial charge in [0.05, 0.1) is 6.61 Å². The van der Waals surface area contributed by atoms with Crippen molar-refractivity contribution in [2.75, 3.05) is 6.61 Å². The molecule has 1 rings (SSSR count). The Bertz CT molecular complexity index is 335. The van der Waals surface area contributed by atoms with Crippen LogP contribution in [0.4, 0.5) is 0 Å². The molecule has 1 aromatic rings. The molecule has 2 heteroatoms. The first-order chi connectivity index (χ1) is 6.74. The summed E-state index contributed by atoms with van der Waals surface area (Å²) in [5.74, 6) is 1.48. The lowest BCUT2D eigenvalue weighted by Gasteiger charge is -2.10. The molecule has 0 aliphatic heterocycles. The molecule has 0 aliphatic carbocycles. The number of rotatable bonds is 3. The van der Waals surface area contributed by atoms with Gasteiger partial charge >= 0.3 is 5.97 Å². The Morgan fingerprint density at radius 2 is 2.14 bits per heavy atom. The van der Waals surface area contributed by atoms with E-state index in [-0.39, 0.29) is 5.92 Å². The van der Waals surface area contributed by atoms with Gasteiger partial charge in [0.15, 0.2) is 0 Å². The molecule has 0 aromatic heterocycles. The largest absolute Gasteiger partial charge is 0.455 e. The molecule has 1 atom stereocenters. The zero-order valence-corrected chi connectivity index (χ0v) is 8.07. The zero-order valence-electron chi connectivity index (χ0n) is 8.07. The van der Waals surface area contributed by atoms with Gasteiger partial charge in [0.1, 0.15) is 0 Å². The summed E-state index contributed by atoms with van der Waals surface area (Å²) in [5.41, 5.74) is 1.14. The van der Waals surface area contributed by atoms with Crippen molar-refractivity contribution in [2.24, 2.45) is 0 Å². The monoisotopic (exact) mass is 188 g/mol. The molecular weight excluding hydrogens is 176 g/mol. The predicted octanol–water partition coefficient (Wildman–Crippen LogP) is 1.97. The molecule has 0 spiro atoms. The van der Waals surface area contributed by atoms with E-state index < -0.39 is 5.97 Å². The maximum Gasteiger partial charge on any atom is 0.384 e. The van der Waals surface area contributed by atoms with Crippen molar-refractivity contribution in [1.82, 2.24) is 0 Å². The van der Waals surface area contributed by atoms with Crippen LogP contribution >= 0.6 is 0 Å². The predicted molar refractivity (Wildman–Crippen MR) is 54.6 cm³/mol. The summed E-state index contributed by atoms with van der Waals surface area (Å²) >= 11 is 0. The lowest BCUT2D eigenvalue weighted by atomic mass is 10.0. The highest BCUT2D eigenvalue weighted by molar-refractivity contribution is 5.87. The number of hydrogen-bond acceptors (Lipinski definition) is 2. The van der Waals surface area contributed by atoms with E-state index in [1.54, 1.807) is 0 Å². The SMILES string of the molecule is C#CC(=O)OC[C@@H](C)c1ccccc1. The van der Waals surface area contributed by atoms with E-state index in [4.69, 9.17) is 11.2 Å². The van der Waals surface area contributed by atoms with Gasteiger partial charge in [-0.25, -0.2) is 4.79 Å². The van der Waals surface area contributed by atoms with Gasteiger partial charge < -0.3 is 4.74 Å². The van der Waals surface area contributed by atoms with E-state index in [0.717, 1.165) is 5.56 Å². The van der Waals surface area contributed by atoms with Crippen LogP contribution in [0.25, 0.3) is 0 Å². The molecule has 0 saturated heterocycles. The summed E-state index contributed by atoms with van der Waals surface area (Å²) in [6, 6.07) is 9.84. The fourth-order valence-corrected chi connectivity index (χ4v) is 1.12. The molecule has 0 amide bonds. The van der Waals surface area contributed by atoms with Crippen LogP contribution in [-0.2, 0) is 9.53 Å². The number of carbonyl (C=O) groups excluding carboxylic acids is 1. The Balaban J connectivity index is 2.48. The molecule has 0 unspecified atom stereocenters. The Hall–Kier alpha value is -1.75. The van der Waals surface area contributed by atoms with Gasteiger partial charge in [-0.3, -0.25) is 0 Å². The van der Waals surface area contributed by atoms with E-state index in [1.807, 2.05) is 43.2 Å². The van der Waals surface area contributed by atoms with Gasteiger partial charge in [-0.05, 0) is 5.56 Å². The van der Waals surface area contributed by atoms with Crippen LogP contribution in [0, 0.1) is 12.3 Å². The Morgan fingerprint density at radius 3 is 2.71 bits per heavy atom. The summed E-state index contributed by atoms with van der Waals surface area (Å²) in [6.07, 6.45) is 4.87. The summed E-state index contributed by atoms with van der Waals surface area (Å²) in [7, 11) is 0. The van der Waals surface area contributed by atoms with Gasteiger partial charge in [-0.1, -0.05) is 37.3 Å². The first-order valence-corrected chi connectivity index (χ1v) is 4.42. The van der Waals surface area contributed by atoms with Crippen LogP contribution in [0.5, 0.6) is 0 Å². The van der Waals surface area contributed by atoms with Crippen molar-refractivity contribution >= 4 is 5.97 Å². The quantitative estimate of drug-likeness (QED) is 0.412. The van der Waals surface area contributed by atoms with Crippen molar-refractivity contribution in [2.45, 2.75) is 12.8 Å². The third-order valence-corrected chi connectivity index (χ3v) is 1.95. The Kier molecular flexibility index (Phi) is 3.75. The van der Waals surface area contributed by atoms with E-state index in [9.17, 15) is 4.79 Å². The van der Waals surface area contributed by atoms with E-state index in [0.29, 0.717) is 6.61 Å². The van der Waals surface area contributed by atoms with Crippen molar-refractivity contribution in [3.8, 4) is 12.3 Å². The van der Waals surface area contributed by atoms with Crippen LogP contribution in [0.15, 0.2) is 30.3 Å². The highest BCUT2D eigenvalue weighted by Crippen LogP contribution is 2.14. The van der Waals surface area contributed by atoms with E-state index in [1.165, 1.54) is 0 Å². The number of hydrogen-bond donors (Lipinski definition) is 0. The van der Waals surface area contributed by atoms with E-state index >= 15 is 0 Å². The van der Waals surface area contributed by atoms with Gasteiger partial charge in [-0.2, -0.15) is 0 Å². The summed E-state index contributed by atoms with van der Waals surface area (Å²) in [5, 5.41) is 0. The second-order valence-electron chi connectivity index (χ2n) is 3.05. The number of ether oxygens (including phenoxy) is 1. The first-order valence-electron chi connectivity index (χ1n) is 4.42. The van der Waals surface area contributed by atoms with Crippen LogP contribution in [0.2, 0.25) is 0 Å². The molecule has 72 valence electrons. The third-order valence-electron chi connectivity index (χ3n) is 1.95. The topological polar surface area (TPSA) is 26.3 Å². The molecule has 1 aromatic carbocycles. The molecule has 0 heterocycles. The van der Waals surface area contributed by atoms with Gasteiger partial charge in [0.2, 0.25) is 0 Å². The second-order valence-corrected chi connectivity index (χ2v) is 3.05. The van der Waals surface area contributed by atoms with Gasteiger partial charge in [0.25, 0.3) is 0 Å². The summed E-state index contributed by atoms with van der Waals surface area (Å²) in [6.45, 7) is 2.31. The smallest absolute Gasteiger partial charge is 0.384 e. The van der Waals surface area contributed by atoms with Crippen molar-refractivity contribution < 1.29 is 9.53 Å². The number of esters is 1. The van der Waals surface area contributed by atoms with Crippen molar-refractivity contribution in [3.63, 3.8) is 0 Å². The Morgan fingerprint density at radius 1 is 1.50 bits per heavy atom. The highest BCUT2D eigenvalue weighted by Gasteiger charge is 2.06. The second kappa shape index (κ2) is 5.08. The van der Waals surface area contributed by atoms with Gasteiger partial charge in [-0.15, -0.1) is 6.42 Å². The average molecular weight is 188 g/mol. The maximum atomic E-state index is 10.7. The normalized spacial score (nSPS) is 11.4. The minimum Gasteiger partial charge on any atom is -0.455 e. The molecular formula is C12H12O2. The minimum atomic E-state index is -0.604. The van der Waals surface area contributed by atoms with Crippen molar-refractivity contribution in [3.05, 3.63) is 35.9 Å². The fourth-order valence-electron chi connectivity index (χ4n) is 1.12. The molecule has 0 radical (unpaired) electrons. The van der Waals surface area contributed by atoms with Crippen LogP contribution in [0.1, 0.15) is 18.4 Å². The first kappa shape index (κ1) is 10.3. The maximum absolute atomic E-state index is 10.7. The summed E-state index contributed by atoms with van der Waals surface area (Å²) < 4.78 is 4.83. The molecule has 0 aliphatic rings. The lowest BCUT2D eigenvalue weighted by molar-refractivity contribution is -0.137. The molecule has 2 nitrogen and oxygen atoms in total. The molecule has 0 N–H and O–H groups in total. The lowest BCUT2D eigenvalue weighted by Crippen LogP contribution is -2.08. The van der Waals surface area contributed by atoms with Crippen LogP contribution in [-0.4, -0.2) is 12.6 Å². The fraction of sp³-hybridized carbons (Fsp3) is 0.250. The molecule has 14 heavy (non-hydrogen) atoms. The minimum absolute atomic E-state index is 0.175. The molecule has 0 saturated carbocycles. The summed E-state index contributed by atoms with van der Waals surface area (Å²) in [4.78, 5) is 10.7. The number of benzene rings is 1.